The lowest BCUT2D eigenvalue weighted by Crippen LogP contribution is -2.33. The average molecular weight is 397 g/mol. The van der Waals surface area contributed by atoms with E-state index in [-0.39, 0.29) is 22.8 Å². The zero-order chi connectivity index (χ0) is 20.5. The van der Waals surface area contributed by atoms with Crippen LogP contribution in [0.5, 0.6) is 0 Å². The fraction of sp³-hybridized carbons (Fsp3) is 0.105. The molecule has 0 unspecified atom stereocenters. The Hall–Kier alpha value is -3.95. The smallest absolute Gasteiger partial charge is 0.355 e. The number of benzene rings is 2. The molecule has 1 aliphatic heterocycles. The number of hydrogen-bond donors (Lipinski definition) is 1. The minimum absolute atomic E-state index is 0.0612. The molecule has 0 fully saturated rings. The van der Waals surface area contributed by atoms with Gasteiger partial charge in [-0.1, -0.05) is 17.2 Å². The van der Waals surface area contributed by atoms with Crippen LogP contribution in [0.4, 0.5) is 14.7 Å². The largest absolute Gasteiger partial charge is 0.464 e. The predicted molar refractivity (Wildman–Crippen MR) is 95.8 cm³/mol. The van der Waals surface area contributed by atoms with Gasteiger partial charge in [-0.2, -0.15) is 4.68 Å². The Morgan fingerprint density at radius 3 is 2.55 bits per heavy atom. The van der Waals surface area contributed by atoms with Gasteiger partial charge in [0.15, 0.2) is 5.78 Å². The van der Waals surface area contributed by atoms with Gasteiger partial charge in [0.05, 0.1) is 12.7 Å². The highest BCUT2D eigenvalue weighted by atomic mass is 19.1. The van der Waals surface area contributed by atoms with E-state index in [2.05, 4.69) is 20.8 Å². The monoisotopic (exact) mass is 397 g/mol. The molecule has 0 spiro atoms. The van der Waals surface area contributed by atoms with E-state index in [9.17, 15) is 18.4 Å². The SMILES string of the molecule is COC(=O)C1=C(C(=O)c2ccc(F)cc2)[C@H](c2cccc(F)c2)n2nnnc2N1. The van der Waals surface area contributed by atoms with Gasteiger partial charge in [0.1, 0.15) is 23.4 Å². The van der Waals surface area contributed by atoms with Crippen LogP contribution in [0.15, 0.2) is 59.8 Å². The number of esters is 1. The Bertz CT molecular complexity index is 1140. The van der Waals surface area contributed by atoms with Crippen molar-refractivity contribution in [1.82, 2.24) is 20.2 Å². The van der Waals surface area contributed by atoms with E-state index in [0.29, 0.717) is 5.56 Å². The van der Waals surface area contributed by atoms with E-state index >= 15 is 0 Å². The topological polar surface area (TPSA) is 99.0 Å². The van der Waals surface area contributed by atoms with Gasteiger partial charge in [-0.3, -0.25) is 4.79 Å². The summed E-state index contributed by atoms with van der Waals surface area (Å²) in [6.07, 6.45) is 0. The van der Waals surface area contributed by atoms with Crippen molar-refractivity contribution in [2.45, 2.75) is 6.04 Å². The summed E-state index contributed by atoms with van der Waals surface area (Å²) in [5, 5.41) is 13.9. The molecule has 1 aliphatic rings. The molecule has 0 saturated heterocycles. The first-order valence-electron chi connectivity index (χ1n) is 8.42. The van der Waals surface area contributed by atoms with Gasteiger partial charge in [0.2, 0.25) is 5.95 Å². The standard InChI is InChI=1S/C19H13F2N5O3/c1-29-18(28)15-14(17(27)10-5-7-12(20)8-6-10)16(11-3-2-4-13(21)9-11)26-19(22-15)23-24-25-26/h2-9,16H,1H3,(H,22,23,25)/t16-/m0/s1. The van der Waals surface area contributed by atoms with E-state index in [4.69, 9.17) is 4.74 Å². The highest BCUT2D eigenvalue weighted by Crippen LogP contribution is 2.36. The molecule has 4 rings (SSSR count). The maximum Gasteiger partial charge on any atom is 0.355 e. The predicted octanol–water partition coefficient (Wildman–Crippen LogP) is 2.28. The summed E-state index contributed by atoms with van der Waals surface area (Å²) in [7, 11) is 1.16. The molecule has 0 amide bonds. The number of halogens is 2. The van der Waals surface area contributed by atoms with Crippen molar-refractivity contribution in [1.29, 1.82) is 0 Å². The zero-order valence-corrected chi connectivity index (χ0v) is 15.0. The second kappa shape index (κ2) is 7.23. The van der Waals surface area contributed by atoms with Crippen LogP contribution < -0.4 is 5.32 Å². The average Bonchev–Trinajstić information content (AvgIpc) is 3.20. The molecule has 3 aromatic rings. The van der Waals surface area contributed by atoms with Gasteiger partial charge in [0, 0.05) is 5.56 Å². The third kappa shape index (κ3) is 3.24. The summed E-state index contributed by atoms with van der Waals surface area (Å²) in [6.45, 7) is 0. The number of carbonyl (C=O) groups excluding carboxylic acids is 2. The number of allylic oxidation sites excluding steroid dienone is 1. The quantitative estimate of drug-likeness (QED) is 0.533. The molecule has 0 aliphatic carbocycles. The van der Waals surface area contributed by atoms with Crippen LogP contribution in [0.1, 0.15) is 22.0 Å². The summed E-state index contributed by atoms with van der Waals surface area (Å²) in [6, 6.07) is 9.33. The van der Waals surface area contributed by atoms with Crippen LogP contribution in [0.2, 0.25) is 0 Å². The number of tetrazole rings is 1. The summed E-state index contributed by atoms with van der Waals surface area (Å²) in [5.74, 6) is -2.39. The molecule has 0 bridgehead atoms. The second-order valence-corrected chi connectivity index (χ2v) is 6.15. The number of ether oxygens (including phenoxy) is 1. The van der Waals surface area contributed by atoms with E-state index < -0.39 is 29.4 Å². The fourth-order valence-corrected chi connectivity index (χ4v) is 3.13. The third-order valence-electron chi connectivity index (χ3n) is 4.42. The van der Waals surface area contributed by atoms with Crippen LogP contribution in [0, 0.1) is 11.6 Å². The van der Waals surface area contributed by atoms with Crippen LogP contribution in [0.3, 0.4) is 0 Å². The first-order chi connectivity index (χ1) is 14.0. The Morgan fingerprint density at radius 1 is 1.10 bits per heavy atom. The highest BCUT2D eigenvalue weighted by molar-refractivity contribution is 6.14. The first kappa shape index (κ1) is 18.4. The van der Waals surface area contributed by atoms with Crippen molar-refractivity contribution in [2.24, 2.45) is 0 Å². The molecule has 2 heterocycles. The Balaban J connectivity index is 1.95. The summed E-state index contributed by atoms with van der Waals surface area (Å²) in [5.41, 5.74) is 0.224. The third-order valence-corrected chi connectivity index (χ3v) is 4.42. The molecule has 10 heteroatoms. The number of Topliss-reactive ketones (excluding diaryl/α,β-unsaturated/α-hetero) is 1. The lowest BCUT2D eigenvalue weighted by Gasteiger charge is -2.28. The maximum absolute atomic E-state index is 13.9. The number of nitrogens with one attached hydrogen (secondary N) is 1. The van der Waals surface area contributed by atoms with Crippen molar-refractivity contribution in [3.63, 3.8) is 0 Å². The van der Waals surface area contributed by atoms with Gasteiger partial charge >= 0.3 is 5.97 Å². The van der Waals surface area contributed by atoms with Crippen molar-refractivity contribution in [2.75, 3.05) is 12.4 Å². The minimum Gasteiger partial charge on any atom is -0.464 e. The lowest BCUT2D eigenvalue weighted by molar-refractivity contribution is -0.136. The molecular formula is C19H13F2N5O3. The summed E-state index contributed by atoms with van der Waals surface area (Å²) in [4.78, 5) is 25.8. The number of rotatable bonds is 4. The van der Waals surface area contributed by atoms with Crippen molar-refractivity contribution < 1.29 is 23.1 Å². The maximum atomic E-state index is 13.9. The summed E-state index contributed by atoms with van der Waals surface area (Å²) >= 11 is 0. The second-order valence-electron chi connectivity index (χ2n) is 6.15. The minimum atomic E-state index is -1.01. The highest BCUT2D eigenvalue weighted by Gasteiger charge is 2.38. The summed E-state index contributed by atoms with van der Waals surface area (Å²) < 4.78 is 33.3. The molecule has 1 atom stereocenters. The van der Waals surface area contributed by atoms with E-state index in [0.717, 1.165) is 19.2 Å². The molecule has 0 saturated carbocycles. The van der Waals surface area contributed by atoms with Crippen LogP contribution >= 0.6 is 0 Å². The number of aromatic nitrogens is 4. The number of anilines is 1. The molecule has 2 aromatic carbocycles. The number of ketones is 1. The molecule has 8 nitrogen and oxygen atoms in total. The Labute approximate surface area is 162 Å². The van der Waals surface area contributed by atoms with Crippen LogP contribution in [-0.2, 0) is 9.53 Å². The molecular weight excluding hydrogens is 384 g/mol. The Kier molecular flexibility index (Phi) is 4.59. The number of carbonyl (C=O) groups is 2. The van der Waals surface area contributed by atoms with Gasteiger partial charge in [-0.25, -0.2) is 13.6 Å². The van der Waals surface area contributed by atoms with E-state index in [1.54, 1.807) is 6.07 Å². The normalized spacial score (nSPS) is 15.5. The number of methoxy groups -OCH3 is 1. The lowest BCUT2D eigenvalue weighted by atomic mass is 9.89. The molecule has 1 N–H and O–H groups in total. The zero-order valence-electron chi connectivity index (χ0n) is 15.0. The van der Waals surface area contributed by atoms with Crippen molar-refractivity contribution in [3.05, 3.63) is 82.6 Å². The first-order valence-corrected chi connectivity index (χ1v) is 8.42. The molecule has 0 radical (unpaired) electrons. The molecule has 29 heavy (non-hydrogen) atoms. The number of hydrogen-bond acceptors (Lipinski definition) is 7. The van der Waals surface area contributed by atoms with Crippen molar-refractivity contribution >= 4 is 17.7 Å². The number of fused-ring (bicyclic) bond motifs is 1. The molecule has 1 aromatic heterocycles. The fourth-order valence-electron chi connectivity index (χ4n) is 3.13. The Morgan fingerprint density at radius 2 is 1.86 bits per heavy atom. The van der Waals surface area contributed by atoms with Crippen LogP contribution in [-0.4, -0.2) is 39.1 Å². The van der Waals surface area contributed by atoms with Crippen molar-refractivity contribution in [3.8, 4) is 0 Å². The van der Waals surface area contributed by atoms with E-state index in [1.807, 2.05) is 0 Å². The van der Waals surface area contributed by atoms with Gasteiger partial charge in [-0.05, 0) is 52.4 Å². The number of nitrogens with zero attached hydrogens (tertiary/aromatic N) is 4. The van der Waals surface area contributed by atoms with Gasteiger partial charge < -0.3 is 10.1 Å². The van der Waals surface area contributed by atoms with E-state index in [1.165, 1.54) is 35.0 Å². The molecule has 146 valence electrons. The van der Waals surface area contributed by atoms with Gasteiger partial charge in [0.25, 0.3) is 0 Å². The van der Waals surface area contributed by atoms with Crippen LogP contribution in [0.25, 0.3) is 0 Å². The van der Waals surface area contributed by atoms with Gasteiger partial charge in [-0.15, -0.1) is 0 Å².